The van der Waals surface area contributed by atoms with E-state index in [-0.39, 0.29) is 0 Å². The van der Waals surface area contributed by atoms with E-state index in [0.717, 1.165) is 0 Å². The van der Waals surface area contributed by atoms with Crippen LogP contribution in [0.3, 0.4) is 0 Å². The average molecular weight is 237 g/mol. The maximum absolute atomic E-state index is 11.1. The van der Waals surface area contributed by atoms with Crippen LogP contribution < -0.4 is 5.32 Å². The molecule has 0 aromatic carbocycles. The maximum atomic E-state index is 11.1. The van der Waals surface area contributed by atoms with Crippen molar-refractivity contribution >= 4 is 11.8 Å². The lowest BCUT2D eigenvalue weighted by molar-refractivity contribution is -0.139. The van der Waals surface area contributed by atoms with E-state index in [9.17, 15) is 14.7 Å². The highest BCUT2D eigenvalue weighted by Crippen LogP contribution is 2.00. The number of ketones is 1. The largest absolute Gasteiger partial charge is 0.480 e. The average Bonchev–Trinajstić information content (AvgIpc) is 2.25. The Morgan fingerprint density at radius 2 is 1.69 bits per heavy atom. The Morgan fingerprint density at radius 1 is 1.12 bits per heavy atom. The Kier molecular flexibility index (Phi) is 6.77. The van der Waals surface area contributed by atoms with Gasteiger partial charge in [-0.3, -0.25) is 14.9 Å². The molecule has 0 saturated carbocycles. The minimum atomic E-state index is -1.87. The van der Waals surface area contributed by atoms with Gasteiger partial charge in [0.15, 0.2) is 5.78 Å². The van der Waals surface area contributed by atoms with E-state index < -0.39 is 49.8 Å². The van der Waals surface area contributed by atoms with Crippen molar-refractivity contribution in [1.82, 2.24) is 5.32 Å². The first-order chi connectivity index (χ1) is 7.40. The fourth-order valence-electron chi connectivity index (χ4n) is 0.906. The van der Waals surface area contributed by atoms with E-state index in [0.29, 0.717) is 0 Å². The fourth-order valence-corrected chi connectivity index (χ4v) is 0.906. The van der Waals surface area contributed by atoms with E-state index in [4.69, 9.17) is 20.4 Å². The number of nitrogens with one attached hydrogen (secondary N) is 1. The highest BCUT2D eigenvalue weighted by molar-refractivity contribution is 5.85. The van der Waals surface area contributed by atoms with Gasteiger partial charge in [-0.2, -0.15) is 0 Å². The number of hydrogen-bond acceptors (Lipinski definition) is 7. The van der Waals surface area contributed by atoms with Gasteiger partial charge in [0, 0.05) is 0 Å². The molecule has 6 N–H and O–H groups in total. The number of carbonyl (C=O) groups is 2. The number of aliphatic hydroxyl groups is 4. The quantitative estimate of drug-likeness (QED) is 0.253. The van der Waals surface area contributed by atoms with Crippen molar-refractivity contribution in [2.24, 2.45) is 0 Å². The summed E-state index contributed by atoms with van der Waals surface area (Å²) in [6, 6.07) is 0. The number of carboxylic acid groups (broad SMARTS) is 1. The maximum Gasteiger partial charge on any atom is 0.317 e. The van der Waals surface area contributed by atoms with Crippen LogP contribution in [0.2, 0.25) is 0 Å². The predicted molar refractivity (Wildman–Crippen MR) is 50.6 cm³/mol. The summed E-state index contributed by atoms with van der Waals surface area (Å²) < 4.78 is 0. The van der Waals surface area contributed by atoms with Gasteiger partial charge in [0.25, 0.3) is 0 Å². The topological polar surface area (TPSA) is 147 Å². The zero-order chi connectivity index (χ0) is 12.7. The number of rotatable bonds is 8. The van der Waals surface area contributed by atoms with E-state index in [1.54, 1.807) is 0 Å². The molecule has 0 aromatic heterocycles. The van der Waals surface area contributed by atoms with Gasteiger partial charge < -0.3 is 25.5 Å². The molecular formula is C8H15NO7. The summed E-state index contributed by atoms with van der Waals surface area (Å²) in [6.45, 7) is -1.71. The van der Waals surface area contributed by atoms with Gasteiger partial charge in [-0.15, -0.1) is 0 Å². The van der Waals surface area contributed by atoms with Gasteiger partial charge in [0.05, 0.1) is 19.7 Å². The molecule has 0 aliphatic rings. The first kappa shape index (κ1) is 14.9. The molecule has 0 aliphatic carbocycles. The Labute approximate surface area is 91.1 Å². The van der Waals surface area contributed by atoms with Crippen LogP contribution in [-0.4, -0.2) is 75.3 Å². The number of carboxylic acids is 1. The summed E-state index contributed by atoms with van der Waals surface area (Å²) in [5.41, 5.74) is 0. The highest BCUT2D eigenvalue weighted by Gasteiger charge is 2.29. The van der Waals surface area contributed by atoms with Crippen LogP contribution in [0.4, 0.5) is 0 Å². The Morgan fingerprint density at radius 3 is 2.12 bits per heavy atom. The Balaban J connectivity index is 4.02. The van der Waals surface area contributed by atoms with Gasteiger partial charge >= 0.3 is 5.97 Å². The van der Waals surface area contributed by atoms with E-state index >= 15 is 0 Å². The number of aliphatic hydroxyl groups excluding tert-OH is 4. The van der Waals surface area contributed by atoms with Crippen LogP contribution in [0.15, 0.2) is 0 Å². The van der Waals surface area contributed by atoms with Gasteiger partial charge in [0.2, 0.25) is 0 Å². The normalized spacial score (nSPS) is 16.5. The molecular weight excluding hydrogens is 222 g/mol. The molecule has 0 spiro atoms. The van der Waals surface area contributed by atoms with Crippen LogP contribution in [0.25, 0.3) is 0 Å². The zero-order valence-corrected chi connectivity index (χ0v) is 8.41. The van der Waals surface area contributed by atoms with Crippen molar-refractivity contribution in [3.05, 3.63) is 0 Å². The smallest absolute Gasteiger partial charge is 0.317 e. The van der Waals surface area contributed by atoms with Crippen LogP contribution in [0, 0.1) is 0 Å². The third-order valence-electron chi connectivity index (χ3n) is 1.81. The van der Waals surface area contributed by atoms with Gasteiger partial charge in [-0.25, -0.2) is 0 Å². The van der Waals surface area contributed by atoms with Crippen molar-refractivity contribution in [2.45, 2.75) is 18.3 Å². The molecule has 0 rings (SSSR count). The molecule has 8 nitrogen and oxygen atoms in total. The van der Waals surface area contributed by atoms with E-state index in [1.807, 2.05) is 0 Å². The van der Waals surface area contributed by atoms with Crippen molar-refractivity contribution in [2.75, 3.05) is 19.7 Å². The Bertz CT molecular complexity index is 245. The van der Waals surface area contributed by atoms with Crippen molar-refractivity contribution in [1.29, 1.82) is 0 Å². The molecule has 8 heteroatoms. The molecule has 0 aromatic rings. The standard InChI is InChI=1S/C8H15NO7/c10-3-5(12)8(16)7(15)4(11)1-9-2-6(13)14/h5,7-10,12,15-16H,1-3H2,(H,13,14)/t5-,7-,8+/m1/s1. The lowest BCUT2D eigenvalue weighted by Crippen LogP contribution is -2.47. The van der Waals surface area contributed by atoms with Gasteiger partial charge in [0.1, 0.15) is 18.3 Å². The minimum Gasteiger partial charge on any atom is -0.480 e. The molecule has 16 heavy (non-hydrogen) atoms. The van der Waals surface area contributed by atoms with Crippen LogP contribution >= 0.6 is 0 Å². The van der Waals surface area contributed by atoms with Gasteiger partial charge in [-0.1, -0.05) is 0 Å². The first-order valence-electron chi connectivity index (χ1n) is 4.50. The van der Waals surface area contributed by atoms with Crippen LogP contribution in [0.1, 0.15) is 0 Å². The molecule has 0 radical (unpaired) electrons. The molecule has 0 heterocycles. The summed E-state index contributed by atoms with van der Waals surface area (Å²) in [7, 11) is 0. The van der Waals surface area contributed by atoms with E-state index in [1.165, 1.54) is 0 Å². The van der Waals surface area contributed by atoms with Crippen molar-refractivity contribution in [3.8, 4) is 0 Å². The fraction of sp³-hybridized carbons (Fsp3) is 0.750. The molecule has 0 aliphatic heterocycles. The summed E-state index contributed by atoms with van der Waals surface area (Å²) in [6.07, 6.45) is -5.30. The first-order valence-corrected chi connectivity index (χ1v) is 4.50. The third kappa shape index (κ3) is 5.14. The summed E-state index contributed by atoms with van der Waals surface area (Å²) in [5, 5.41) is 46.2. The molecule has 0 unspecified atom stereocenters. The van der Waals surface area contributed by atoms with Gasteiger partial charge in [-0.05, 0) is 0 Å². The number of hydrogen-bond donors (Lipinski definition) is 6. The molecule has 0 amide bonds. The number of carbonyl (C=O) groups excluding carboxylic acids is 1. The summed E-state index contributed by atoms with van der Waals surface area (Å²) in [4.78, 5) is 21.2. The number of aliphatic carboxylic acids is 1. The molecule has 94 valence electrons. The zero-order valence-electron chi connectivity index (χ0n) is 8.41. The monoisotopic (exact) mass is 237 g/mol. The van der Waals surface area contributed by atoms with Crippen LogP contribution in [0.5, 0.6) is 0 Å². The molecule has 0 fully saturated rings. The highest BCUT2D eigenvalue weighted by atomic mass is 16.4. The second kappa shape index (κ2) is 7.25. The second-order valence-electron chi connectivity index (χ2n) is 3.15. The molecule has 0 saturated heterocycles. The number of Topliss-reactive ketones (excluding diaryl/α,β-unsaturated/α-hetero) is 1. The van der Waals surface area contributed by atoms with Crippen molar-refractivity contribution < 1.29 is 35.1 Å². The lowest BCUT2D eigenvalue weighted by atomic mass is 10.0. The lowest BCUT2D eigenvalue weighted by Gasteiger charge is -2.20. The minimum absolute atomic E-state index is 0.456. The van der Waals surface area contributed by atoms with E-state index in [2.05, 4.69) is 5.32 Å². The third-order valence-corrected chi connectivity index (χ3v) is 1.81. The molecule has 0 bridgehead atoms. The van der Waals surface area contributed by atoms with Crippen LogP contribution in [-0.2, 0) is 9.59 Å². The SMILES string of the molecule is O=C(O)CNCC(=O)[C@@H](O)[C@@H](O)[C@H](O)CO. The van der Waals surface area contributed by atoms with Crippen molar-refractivity contribution in [3.63, 3.8) is 0 Å². The Hall–Kier alpha value is -1.06. The predicted octanol–water partition coefficient (Wildman–Crippen LogP) is -3.70. The summed E-state index contributed by atoms with van der Waals surface area (Å²) >= 11 is 0. The summed E-state index contributed by atoms with van der Waals surface area (Å²) in [5.74, 6) is -2.04. The second-order valence-corrected chi connectivity index (χ2v) is 3.15. The molecule has 3 atom stereocenters.